The molecule has 6 heteroatoms. The van der Waals surface area contributed by atoms with Gasteiger partial charge in [-0.05, 0) is 73.6 Å². The number of benzene rings is 2. The second-order valence-electron chi connectivity index (χ2n) is 8.24. The number of rotatable bonds is 6. The molecule has 1 saturated heterocycles. The van der Waals surface area contributed by atoms with E-state index in [0.29, 0.717) is 12.5 Å². The Hall–Kier alpha value is -2.44. The first-order chi connectivity index (χ1) is 14.5. The lowest BCUT2D eigenvalue weighted by Gasteiger charge is -2.31. The quantitative estimate of drug-likeness (QED) is 0.525. The molecule has 0 saturated carbocycles. The Balaban J connectivity index is 1.36. The van der Waals surface area contributed by atoms with E-state index in [9.17, 15) is 0 Å². The van der Waals surface area contributed by atoms with E-state index in [-0.39, 0.29) is 0 Å². The summed E-state index contributed by atoms with van der Waals surface area (Å²) in [7, 11) is 1.96. The van der Waals surface area contributed by atoms with E-state index in [1.165, 1.54) is 29.5 Å². The second-order valence-corrected chi connectivity index (χ2v) is 8.60. The molecule has 3 aromatic rings. The molecule has 4 rings (SSSR count). The molecule has 5 nitrogen and oxygen atoms in total. The smallest absolute Gasteiger partial charge is 0.198 e. The van der Waals surface area contributed by atoms with E-state index >= 15 is 0 Å². The minimum Gasteiger partial charge on any atom is -0.486 e. The number of nitrogens with zero attached hydrogens (tertiary/aromatic N) is 4. The summed E-state index contributed by atoms with van der Waals surface area (Å²) >= 11 is 5.63. The summed E-state index contributed by atoms with van der Waals surface area (Å²) < 4.78 is 10.6. The SMILES string of the molecule is Cc1ccc(OCc2nn(CN3CCC(c4ccccc4)CC3)c(=S)n2C)cc1C. The molecule has 0 spiro atoms. The maximum absolute atomic E-state index is 5.97. The molecule has 0 bridgehead atoms. The lowest BCUT2D eigenvalue weighted by molar-refractivity contribution is 0.159. The average Bonchev–Trinajstić information content (AvgIpc) is 3.03. The van der Waals surface area contributed by atoms with Gasteiger partial charge in [0, 0.05) is 20.1 Å². The van der Waals surface area contributed by atoms with Gasteiger partial charge in [-0.3, -0.25) is 4.90 Å². The van der Waals surface area contributed by atoms with Gasteiger partial charge in [0.15, 0.2) is 10.6 Å². The number of aromatic nitrogens is 3. The molecule has 1 aromatic heterocycles. The van der Waals surface area contributed by atoms with Crippen molar-refractivity contribution >= 4 is 12.2 Å². The first-order valence-corrected chi connectivity index (χ1v) is 11.0. The molecule has 158 valence electrons. The topological polar surface area (TPSA) is 35.2 Å². The number of ether oxygens (including phenoxy) is 1. The third-order valence-electron chi connectivity index (χ3n) is 6.17. The summed E-state index contributed by atoms with van der Waals surface area (Å²) in [6.07, 6.45) is 2.35. The maximum Gasteiger partial charge on any atom is 0.198 e. The van der Waals surface area contributed by atoms with Gasteiger partial charge in [0.25, 0.3) is 0 Å². The molecule has 2 heterocycles. The first-order valence-electron chi connectivity index (χ1n) is 10.6. The van der Waals surface area contributed by atoms with Crippen molar-refractivity contribution < 1.29 is 4.74 Å². The first kappa shape index (κ1) is 20.8. The Morgan fingerprint density at radius 2 is 1.77 bits per heavy atom. The minimum atomic E-state index is 0.408. The van der Waals surface area contributed by atoms with Crippen LogP contribution >= 0.6 is 12.2 Å². The lowest BCUT2D eigenvalue weighted by atomic mass is 9.90. The van der Waals surface area contributed by atoms with Crippen molar-refractivity contribution in [3.63, 3.8) is 0 Å². The zero-order valence-electron chi connectivity index (χ0n) is 18.0. The molecular formula is C24H30N4OS. The van der Waals surface area contributed by atoms with Gasteiger partial charge < -0.3 is 9.30 Å². The Labute approximate surface area is 183 Å². The molecule has 0 N–H and O–H groups in total. The van der Waals surface area contributed by atoms with Crippen molar-refractivity contribution in [2.45, 2.75) is 45.9 Å². The minimum absolute atomic E-state index is 0.408. The predicted octanol–water partition coefficient (Wildman–Crippen LogP) is 4.98. The summed E-state index contributed by atoms with van der Waals surface area (Å²) in [5.41, 5.74) is 3.95. The largest absolute Gasteiger partial charge is 0.486 e. The van der Waals surface area contributed by atoms with E-state index in [4.69, 9.17) is 22.1 Å². The Kier molecular flexibility index (Phi) is 6.35. The molecule has 1 aliphatic heterocycles. The van der Waals surface area contributed by atoms with Crippen LogP contribution in [0.3, 0.4) is 0 Å². The van der Waals surface area contributed by atoms with Crippen molar-refractivity contribution in [2.75, 3.05) is 13.1 Å². The van der Waals surface area contributed by atoms with E-state index < -0.39 is 0 Å². The fourth-order valence-electron chi connectivity index (χ4n) is 4.02. The van der Waals surface area contributed by atoms with E-state index in [1.807, 2.05) is 22.4 Å². The highest BCUT2D eigenvalue weighted by Crippen LogP contribution is 2.28. The lowest BCUT2D eigenvalue weighted by Crippen LogP contribution is -2.35. The molecule has 0 radical (unpaired) electrons. The van der Waals surface area contributed by atoms with Gasteiger partial charge in [0.05, 0.1) is 6.67 Å². The van der Waals surface area contributed by atoms with Crippen LogP contribution in [0.4, 0.5) is 0 Å². The van der Waals surface area contributed by atoms with Crippen LogP contribution in [0.25, 0.3) is 0 Å². The number of piperidine rings is 1. The van der Waals surface area contributed by atoms with Crippen molar-refractivity contribution in [1.29, 1.82) is 0 Å². The summed E-state index contributed by atoms with van der Waals surface area (Å²) in [5, 5.41) is 4.74. The van der Waals surface area contributed by atoms with Crippen LogP contribution in [0.2, 0.25) is 0 Å². The molecule has 1 fully saturated rings. The van der Waals surface area contributed by atoms with Crippen LogP contribution < -0.4 is 4.74 Å². The second kappa shape index (κ2) is 9.14. The maximum atomic E-state index is 5.97. The van der Waals surface area contributed by atoms with Crippen molar-refractivity contribution in [2.24, 2.45) is 7.05 Å². The number of aryl methyl sites for hydroxylation is 2. The fraction of sp³-hybridized carbons (Fsp3) is 0.417. The predicted molar refractivity (Wildman–Crippen MR) is 122 cm³/mol. The van der Waals surface area contributed by atoms with Gasteiger partial charge in [-0.2, -0.15) is 5.10 Å². The standard InChI is InChI=1S/C24H30N4OS/c1-18-9-10-22(15-19(18)2)29-16-23-25-28(24(30)26(23)3)17-27-13-11-21(12-14-27)20-7-5-4-6-8-20/h4-10,15,21H,11-14,16-17H2,1-3H3. The van der Waals surface area contributed by atoms with Gasteiger partial charge in [-0.1, -0.05) is 36.4 Å². The monoisotopic (exact) mass is 422 g/mol. The van der Waals surface area contributed by atoms with Gasteiger partial charge in [-0.25, -0.2) is 4.68 Å². The highest BCUT2D eigenvalue weighted by molar-refractivity contribution is 7.71. The number of likely N-dealkylation sites (tertiary alicyclic amines) is 1. The van der Waals surface area contributed by atoms with Crippen molar-refractivity contribution in [3.05, 3.63) is 75.8 Å². The average molecular weight is 423 g/mol. The molecule has 0 amide bonds. The van der Waals surface area contributed by atoms with Crippen LogP contribution in [0, 0.1) is 18.6 Å². The molecule has 0 atom stereocenters. The highest BCUT2D eigenvalue weighted by Gasteiger charge is 2.21. The molecule has 0 unspecified atom stereocenters. The van der Waals surface area contributed by atoms with Gasteiger partial charge in [0.2, 0.25) is 0 Å². The van der Waals surface area contributed by atoms with E-state index in [0.717, 1.165) is 36.1 Å². The van der Waals surface area contributed by atoms with Crippen LogP contribution in [0.1, 0.15) is 41.3 Å². The molecule has 1 aliphatic rings. The Morgan fingerprint density at radius 1 is 1.03 bits per heavy atom. The molecular weight excluding hydrogens is 392 g/mol. The van der Waals surface area contributed by atoms with Crippen molar-refractivity contribution in [1.82, 2.24) is 19.2 Å². The van der Waals surface area contributed by atoms with Gasteiger partial charge >= 0.3 is 0 Å². The molecule has 2 aromatic carbocycles. The van der Waals surface area contributed by atoms with Crippen LogP contribution in [0.5, 0.6) is 5.75 Å². The van der Waals surface area contributed by atoms with Crippen LogP contribution in [0.15, 0.2) is 48.5 Å². The normalized spacial score (nSPS) is 15.4. The van der Waals surface area contributed by atoms with Gasteiger partial charge in [0.1, 0.15) is 12.4 Å². The zero-order valence-corrected chi connectivity index (χ0v) is 18.9. The fourth-order valence-corrected chi connectivity index (χ4v) is 4.23. The molecule has 0 aliphatic carbocycles. The van der Waals surface area contributed by atoms with E-state index in [2.05, 4.69) is 61.2 Å². The highest BCUT2D eigenvalue weighted by atomic mass is 32.1. The van der Waals surface area contributed by atoms with Gasteiger partial charge in [-0.15, -0.1) is 0 Å². The Bertz CT molecular complexity index is 1050. The number of hydrogen-bond acceptors (Lipinski definition) is 4. The number of hydrogen-bond donors (Lipinski definition) is 0. The summed E-state index contributed by atoms with van der Waals surface area (Å²) in [4.78, 5) is 2.44. The zero-order chi connectivity index (χ0) is 21.1. The van der Waals surface area contributed by atoms with E-state index in [1.54, 1.807) is 0 Å². The van der Waals surface area contributed by atoms with Crippen molar-refractivity contribution in [3.8, 4) is 5.75 Å². The summed E-state index contributed by atoms with van der Waals surface area (Å²) in [5.74, 6) is 2.36. The van der Waals surface area contributed by atoms with Crippen LogP contribution in [-0.2, 0) is 20.3 Å². The van der Waals surface area contributed by atoms with Crippen LogP contribution in [-0.4, -0.2) is 32.3 Å². The Morgan fingerprint density at radius 3 is 2.47 bits per heavy atom. The summed E-state index contributed by atoms with van der Waals surface area (Å²) in [6, 6.07) is 17.0. The third kappa shape index (κ3) is 4.65. The summed E-state index contributed by atoms with van der Waals surface area (Å²) in [6.45, 7) is 7.47. The third-order valence-corrected chi connectivity index (χ3v) is 6.65. The molecule has 30 heavy (non-hydrogen) atoms.